The monoisotopic (exact) mass is 244 g/mol. The predicted molar refractivity (Wildman–Crippen MR) is 71.5 cm³/mol. The van der Waals surface area contributed by atoms with Crippen LogP contribution in [0.5, 0.6) is 0 Å². The van der Waals surface area contributed by atoms with E-state index in [2.05, 4.69) is 18.8 Å². The number of aliphatic hydroxyl groups excluding tert-OH is 1. The van der Waals surface area contributed by atoms with Gasteiger partial charge in [0, 0.05) is 28.4 Å². The van der Waals surface area contributed by atoms with Crippen molar-refractivity contribution in [3.05, 3.63) is 0 Å². The van der Waals surface area contributed by atoms with Gasteiger partial charge in [0.2, 0.25) is 0 Å². The molecule has 1 N–H and O–H groups in total. The van der Waals surface area contributed by atoms with Crippen molar-refractivity contribution in [3.8, 4) is 11.8 Å². The van der Waals surface area contributed by atoms with Gasteiger partial charge < -0.3 is 5.11 Å². The molecule has 15 heavy (non-hydrogen) atoms. The first-order valence-corrected chi connectivity index (χ1v) is 7.70. The van der Waals surface area contributed by atoms with Gasteiger partial charge in [-0.1, -0.05) is 6.92 Å². The van der Waals surface area contributed by atoms with Crippen molar-refractivity contribution < 1.29 is 5.11 Å². The van der Waals surface area contributed by atoms with Gasteiger partial charge in [0.15, 0.2) is 0 Å². The molecule has 1 nitrogen and oxygen atoms in total. The quantitative estimate of drug-likeness (QED) is 0.768. The first-order valence-electron chi connectivity index (χ1n) is 5.60. The van der Waals surface area contributed by atoms with E-state index in [9.17, 15) is 5.11 Å². The van der Waals surface area contributed by atoms with E-state index in [-0.39, 0.29) is 6.10 Å². The van der Waals surface area contributed by atoms with E-state index in [0.717, 1.165) is 12.8 Å². The lowest BCUT2D eigenvalue weighted by Gasteiger charge is -2.33. The summed E-state index contributed by atoms with van der Waals surface area (Å²) in [5, 5.41) is 11.2. The minimum Gasteiger partial charge on any atom is -0.392 e. The Labute approximate surface area is 102 Å². The van der Waals surface area contributed by atoms with Crippen LogP contribution in [-0.2, 0) is 0 Å². The summed E-state index contributed by atoms with van der Waals surface area (Å²) < 4.78 is 0. The van der Waals surface area contributed by atoms with Crippen LogP contribution < -0.4 is 0 Å². The summed E-state index contributed by atoms with van der Waals surface area (Å²) in [5.41, 5.74) is 0. The molecule has 86 valence electrons. The van der Waals surface area contributed by atoms with Gasteiger partial charge >= 0.3 is 0 Å². The van der Waals surface area contributed by atoms with E-state index in [1.54, 1.807) is 0 Å². The molecule has 1 aliphatic heterocycles. The Morgan fingerprint density at radius 3 is 2.80 bits per heavy atom. The van der Waals surface area contributed by atoms with Crippen molar-refractivity contribution in [1.29, 1.82) is 0 Å². The minimum absolute atomic E-state index is 0.173. The van der Waals surface area contributed by atoms with Gasteiger partial charge in [-0.05, 0) is 19.8 Å². The maximum atomic E-state index is 10.1. The molecule has 1 aliphatic rings. The maximum Gasteiger partial charge on any atom is 0.0678 e. The van der Waals surface area contributed by atoms with Crippen LogP contribution in [0.2, 0.25) is 0 Å². The zero-order chi connectivity index (χ0) is 11.1. The van der Waals surface area contributed by atoms with Crippen molar-refractivity contribution in [2.75, 3.05) is 11.5 Å². The number of hydrogen-bond acceptors (Lipinski definition) is 3. The van der Waals surface area contributed by atoms with Crippen LogP contribution >= 0.6 is 23.5 Å². The normalized spacial score (nSPS) is 27.9. The molecule has 3 atom stereocenters. The zero-order valence-corrected chi connectivity index (χ0v) is 11.2. The highest BCUT2D eigenvalue weighted by atomic mass is 32.2. The molecule has 0 aromatic heterocycles. The highest BCUT2D eigenvalue weighted by molar-refractivity contribution is 8.07. The largest absolute Gasteiger partial charge is 0.392 e. The zero-order valence-electron chi connectivity index (χ0n) is 9.53. The second-order valence-corrected chi connectivity index (χ2v) is 6.32. The highest BCUT2D eigenvalue weighted by Crippen LogP contribution is 2.36. The average Bonchev–Trinajstić information content (AvgIpc) is 2.29. The molecule has 0 amide bonds. The number of rotatable bonds is 4. The van der Waals surface area contributed by atoms with E-state index in [1.807, 2.05) is 30.4 Å². The lowest BCUT2D eigenvalue weighted by Crippen LogP contribution is -2.35. The molecular formula is C12H20OS2. The molecule has 0 aliphatic carbocycles. The van der Waals surface area contributed by atoms with Crippen molar-refractivity contribution in [2.45, 2.75) is 49.7 Å². The summed E-state index contributed by atoms with van der Waals surface area (Å²) >= 11 is 3.96. The van der Waals surface area contributed by atoms with Crippen LogP contribution in [0, 0.1) is 11.8 Å². The third kappa shape index (κ3) is 4.30. The van der Waals surface area contributed by atoms with E-state index in [0.29, 0.717) is 10.5 Å². The van der Waals surface area contributed by atoms with Crippen molar-refractivity contribution in [3.63, 3.8) is 0 Å². The molecule has 3 unspecified atom stereocenters. The summed E-state index contributed by atoms with van der Waals surface area (Å²) in [6.07, 6.45) is 2.65. The number of hydrogen-bond donors (Lipinski definition) is 1. The van der Waals surface area contributed by atoms with Crippen molar-refractivity contribution in [2.24, 2.45) is 0 Å². The summed E-state index contributed by atoms with van der Waals surface area (Å²) in [5.74, 6) is 8.32. The third-order valence-corrected chi connectivity index (χ3v) is 6.01. The summed E-state index contributed by atoms with van der Waals surface area (Å²) in [4.78, 5) is 0. The summed E-state index contributed by atoms with van der Waals surface area (Å²) in [7, 11) is 0. The van der Waals surface area contributed by atoms with Gasteiger partial charge in [-0.3, -0.25) is 0 Å². The van der Waals surface area contributed by atoms with Crippen LogP contribution in [-0.4, -0.2) is 33.2 Å². The highest BCUT2D eigenvalue weighted by Gasteiger charge is 2.30. The fourth-order valence-corrected chi connectivity index (χ4v) is 4.99. The molecule has 1 fully saturated rings. The van der Waals surface area contributed by atoms with E-state index in [4.69, 9.17) is 0 Å². The Hall–Kier alpha value is 0.220. The molecular weight excluding hydrogens is 224 g/mol. The van der Waals surface area contributed by atoms with Crippen molar-refractivity contribution >= 4 is 23.5 Å². The SMILES string of the molecule is CC#CCCC(O)C1SCCSC1CC. The Morgan fingerprint density at radius 2 is 2.13 bits per heavy atom. The van der Waals surface area contributed by atoms with Gasteiger partial charge in [0.25, 0.3) is 0 Å². The van der Waals surface area contributed by atoms with Crippen LogP contribution in [0.4, 0.5) is 0 Å². The lowest BCUT2D eigenvalue weighted by molar-refractivity contribution is 0.161. The molecule has 0 bridgehead atoms. The Bertz CT molecular complexity index is 232. The van der Waals surface area contributed by atoms with E-state index < -0.39 is 0 Å². The smallest absolute Gasteiger partial charge is 0.0678 e. The standard InChI is InChI=1S/C12H20OS2/c1-3-5-6-7-10(13)12-11(4-2)14-8-9-15-12/h10-13H,4,6-9H2,1-2H3. The topological polar surface area (TPSA) is 20.2 Å². The predicted octanol–water partition coefficient (Wildman–Crippen LogP) is 2.78. The van der Waals surface area contributed by atoms with Gasteiger partial charge in [-0.2, -0.15) is 23.5 Å². The maximum absolute atomic E-state index is 10.1. The first-order chi connectivity index (χ1) is 7.29. The molecule has 0 saturated carbocycles. The number of thioether (sulfide) groups is 2. The van der Waals surface area contributed by atoms with E-state index >= 15 is 0 Å². The Balaban J connectivity index is 2.39. The fraction of sp³-hybridized carbons (Fsp3) is 0.833. The van der Waals surface area contributed by atoms with Crippen LogP contribution in [0.15, 0.2) is 0 Å². The molecule has 0 aromatic rings. The summed E-state index contributed by atoms with van der Waals surface area (Å²) in [6, 6.07) is 0. The molecule has 1 rings (SSSR count). The Morgan fingerprint density at radius 1 is 1.40 bits per heavy atom. The van der Waals surface area contributed by atoms with Crippen LogP contribution in [0.25, 0.3) is 0 Å². The second-order valence-electron chi connectivity index (χ2n) is 3.69. The van der Waals surface area contributed by atoms with Crippen molar-refractivity contribution in [1.82, 2.24) is 0 Å². The molecule has 1 heterocycles. The average molecular weight is 244 g/mol. The van der Waals surface area contributed by atoms with Gasteiger partial charge in [-0.15, -0.1) is 11.8 Å². The molecule has 0 spiro atoms. The first kappa shape index (κ1) is 13.3. The van der Waals surface area contributed by atoms with Gasteiger partial charge in [-0.25, -0.2) is 0 Å². The number of aliphatic hydroxyl groups is 1. The lowest BCUT2D eigenvalue weighted by atomic mass is 10.1. The second kappa shape index (κ2) is 7.49. The van der Waals surface area contributed by atoms with E-state index in [1.165, 1.54) is 17.9 Å². The Kier molecular flexibility index (Phi) is 6.63. The minimum atomic E-state index is -0.173. The van der Waals surface area contributed by atoms with Gasteiger partial charge in [0.05, 0.1) is 6.10 Å². The third-order valence-electron chi connectivity index (χ3n) is 2.62. The fourth-order valence-electron chi connectivity index (χ4n) is 1.80. The molecule has 3 heteroatoms. The molecule has 0 aromatic carbocycles. The van der Waals surface area contributed by atoms with Crippen LogP contribution in [0.1, 0.15) is 33.1 Å². The van der Waals surface area contributed by atoms with Crippen LogP contribution in [0.3, 0.4) is 0 Å². The summed E-state index contributed by atoms with van der Waals surface area (Å²) in [6.45, 7) is 4.07. The van der Waals surface area contributed by atoms with Gasteiger partial charge in [0.1, 0.15) is 0 Å². The molecule has 1 saturated heterocycles. The molecule has 0 radical (unpaired) electrons.